The molecule has 0 saturated heterocycles. The summed E-state index contributed by atoms with van der Waals surface area (Å²) < 4.78 is 1.93. The molecule has 1 aromatic rings. The molecule has 0 aliphatic carbocycles. The largest absolute Gasteiger partial charge is 0.256 e. The molecule has 1 heterocycles. The van der Waals surface area contributed by atoms with Gasteiger partial charge in [-0.25, -0.2) is 0 Å². The third-order valence-electron chi connectivity index (χ3n) is 1.95. The van der Waals surface area contributed by atoms with Gasteiger partial charge in [0.2, 0.25) is 0 Å². The van der Waals surface area contributed by atoms with Crippen LogP contribution in [0.25, 0.3) is 0 Å². The van der Waals surface area contributed by atoms with Crippen LogP contribution in [-0.2, 0) is 6.54 Å². The molecule has 0 amide bonds. The summed E-state index contributed by atoms with van der Waals surface area (Å²) in [5, 5.41) is 4.16. The monoisotopic (exact) mass is 175 g/mol. The molecule has 69 valence electrons. The highest BCUT2D eigenvalue weighted by molar-refractivity contribution is 5.18. The van der Waals surface area contributed by atoms with Gasteiger partial charge in [0.05, 0.1) is 0 Å². The lowest BCUT2D eigenvalue weighted by molar-refractivity contribution is 0.633. The van der Waals surface area contributed by atoms with Crippen LogP contribution in [0.2, 0.25) is 0 Å². The van der Waals surface area contributed by atoms with E-state index >= 15 is 0 Å². The third-order valence-corrected chi connectivity index (χ3v) is 1.95. The summed E-state index contributed by atoms with van der Waals surface area (Å²) in [6.45, 7) is 8.88. The molecule has 0 aliphatic heterocycles. The van der Waals surface area contributed by atoms with Crippen molar-refractivity contribution in [2.45, 2.75) is 40.2 Å². The predicted octanol–water partition coefficient (Wildman–Crippen LogP) is 2.14. The fourth-order valence-corrected chi connectivity index (χ4v) is 1.45. The smallest absolute Gasteiger partial charge is 0.116 e. The van der Waals surface area contributed by atoms with Crippen LogP contribution in [0.4, 0.5) is 0 Å². The molecule has 1 rings (SSSR count). The molecule has 0 fully saturated rings. The van der Waals surface area contributed by atoms with Crippen molar-refractivity contribution in [2.75, 3.05) is 0 Å². The van der Waals surface area contributed by atoms with Crippen LogP contribution in [0.3, 0.4) is 0 Å². The highest BCUT2D eigenvalue weighted by atomic mass is 15.3. The van der Waals surface area contributed by atoms with Crippen molar-refractivity contribution in [1.29, 1.82) is 0 Å². The van der Waals surface area contributed by atoms with E-state index in [1.807, 2.05) is 18.5 Å². The molecule has 0 N–H and O–H groups in total. The summed E-state index contributed by atoms with van der Waals surface area (Å²) >= 11 is 0. The first-order valence-electron chi connectivity index (χ1n) is 4.51. The number of aromatic nitrogens is 2. The molecule has 0 saturated carbocycles. The summed E-state index contributed by atoms with van der Waals surface area (Å²) in [6.07, 6.45) is 2.97. The van der Waals surface area contributed by atoms with Crippen molar-refractivity contribution in [3.63, 3.8) is 0 Å². The van der Waals surface area contributed by atoms with Crippen molar-refractivity contribution in [3.05, 3.63) is 17.5 Å². The summed E-state index contributed by atoms with van der Waals surface area (Å²) in [6, 6.07) is 0. The maximum absolute atomic E-state index is 4.16. The molecular formula is C11H15N2. The van der Waals surface area contributed by atoms with Crippen molar-refractivity contribution in [2.24, 2.45) is 0 Å². The normalized spacial score (nSPS) is 9.92. The fourth-order valence-electron chi connectivity index (χ4n) is 1.45. The summed E-state index contributed by atoms with van der Waals surface area (Å²) in [7, 11) is 0. The molecule has 0 atom stereocenters. The maximum Gasteiger partial charge on any atom is 0.116 e. The number of nitrogens with zero attached hydrogens (tertiary/aromatic N) is 2. The minimum atomic E-state index is 0.484. The Balaban J connectivity index is 2.98. The van der Waals surface area contributed by atoms with Gasteiger partial charge in [0.15, 0.2) is 0 Å². The van der Waals surface area contributed by atoms with E-state index in [-0.39, 0.29) is 0 Å². The Bertz CT molecular complexity index is 337. The number of hydrogen-bond donors (Lipinski definition) is 0. The second-order valence-electron chi connectivity index (χ2n) is 3.36. The van der Waals surface area contributed by atoms with E-state index in [2.05, 4.69) is 37.0 Å². The average molecular weight is 175 g/mol. The minimum Gasteiger partial charge on any atom is -0.256 e. The summed E-state index contributed by atoms with van der Waals surface area (Å²) in [4.78, 5) is 0. The molecule has 2 nitrogen and oxygen atoms in total. The topological polar surface area (TPSA) is 17.8 Å². The van der Waals surface area contributed by atoms with Gasteiger partial charge in [-0.1, -0.05) is 19.8 Å². The van der Waals surface area contributed by atoms with Crippen LogP contribution in [0, 0.1) is 25.0 Å². The average Bonchev–Trinajstić information content (AvgIpc) is 2.43. The zero-order valence-corrected chi connectivity index (χ0v) is 8.68. The second kappa shape index (κ2) is 4.13. The van der Waals surface area contributed by atoms with Gasteiger partial charge in [-0.3, -0.25) is 4.68 Å². The molecule has 13 heavy (non-hydrogen) atoms. The van der Waals surface area contributed by atoms with Crippen LogP contribution in [0.5, 0.6) is 0 Å². The van der Waals surface area contributed by atoms with E-state index in [0.29, 0.717) is 12.5 Å². The van der Waals surface area contributed by atoms with Crippen molar-refractivity contribution >= 4 is 0 Å². The Morgan fingerprint density at radius 3 is 2.77 bits per heavy atom. The summed E-state index contributed by atoms with van der Waals surface area (Å²) in [5.74, 6) is 6.35. The molecule has 0 spiro atoms. The lowest BCUT2D eigenvalue weighted by Crippen LogP contribution is -2.05. The van der Waals surface area contributed by atoms with Crippen molar-refractivity contribution < 1.29 is 0 Å². The van der Waals surface area contributed by atoms with E-state index in [4.69, 9.17) is 0 Å². The zero-order valence-electron chi connectivity index (χ0n) is 8.68. The summed E-state index contributed by atoms with van der Waals surface area (Å²) in [5.41, 5.74) is 2.37. The van der Waals surface area contributed by atoms with Gasteiger partial charge in [0.1, 0.15) is 12.7 Å². The van der Waals surface area contributed by atoms with E-state index in [1.54, 1.807) is 0 Å². The van der Waals surface area contributed by atoms with Crippen LogP contribution in [0.1, 0.15) is 37.9 Å². The first-order chi connectivity index (χ1) is 6.16. The SMILES string of the molecule is CC#CCn1n[c]c(C)c1C(C)C. The lowest BCUT2D eigenvalue weighted by atomic mass is 10.1. The Morgan fingerprint density at radius 2 is 2.23 bits per heavy atom. The van der Waals surface area contributed by atoms with E-state index in [9.17, 15) is 0 Å². The minimum absolute atomic E-state index is 0.484. The predicted molar refractivity (Wildman–Crippen MR) is 53.3 cm³/mol. The van der Waals surface area contributed by atoms with Gasteiger partial charge in [-0.2, -0.15) is 5.10 Å². The van der Waals surface area contributed by atoms with Gasteiger partial charge in [-0.05, 0) is 19.8 Å². The molecule has 2 heteroatoms. The lowest BCUT2D eigenvalue weighted by Gasteiger charge is -2.08. The van der Waals surface area contributed by atoms with Crippen LogP contribution >= 0.6 is 0 Å². The molecular weight excluding hydrogens is 160 g/mol. The molecule has 1 radical (unpaired) electrons. The molecule has 0 aliphatic rings. The van der Waals surface area contributed by atoms with E-state index in [1.165, 1.54) is 5.69 Å². The Morgan fingerprint density at radius 1 is 1.54 bits per heavy atom. The first kappa shape index (κ1) is 9.85. The third kappa shape index (κ3) is 2.12. The quantitative estimate of drug-likeness (QED) is 0.630. The van der Waals surface area contributed by atoms with Crippen molar-refractivity contribution in [1.82, 2.24) is 9.78 Å². The van der Waals surface area contributed by atoms with Gasteiger partial charge in [0, 0.05) is 11.3 Å². The van der Waals surface area contributed by atoms with E-state index in [0.717, 1.165) is 5.56 Å². The highest BCUT2D eigenvalue weighted by Crippen LogP contribution is 2.17. The Kier molecular flexibility index (Phi) is 3.13. The van der Waals surface area contributed by atoms with Gasteiger partial charge in [-0.15, -0.1) is 5.92 Å². The van der Waals surface area contributed by atoms with E-state index < -0.39 is 0 Å². The van der Waals surface area contributed by atoms with Crippen LogP contribution < -0.4 is 0 Å². The molecule has 0 unspecified atom stereocenters. The Labute approximate surface area is 80.0 Å². The highest BCUT2D eigenvalue weighted by Gasteiger charge is 2.10. The molecule has 0 aromatic carbocycles. The first-order valence-corrected chi connectivity index (χ1v) is 4.51. The number of hydrogen-bond acceptors (Lipinski definition) is 1. The van der Waals surface area contributed by atoms with Crippen molar-refractivity contribution in [3.8, 4) is 11.8 Å². The number of aryl methyl sites for hydroxylation is 1. The molecule has 0 bridgehead atoms. The van der Waals surface area contributed by atoms with Gasteiger partial charge < -0.3 is 0 Å². The number of rotatable bonds is 2. The Hall–Kier alpha value is -1.23. The van der Waals surface area contributed by atoms with Crippen LogP contribution in [0.15, 0.2) is 0 Å². The maximum atomic E-state index is 4.16. The van der Waals surface area contributed by atoms with Crippen LogP contribution in [-0.4, -0.2) is 9.78 Å². The molecule has 1 aromatic heterocycles. The fraction of sp³-hybridized carbons (Fsp3) is 0.545. The van der Waals surface area contributed by atoms with Gasteiger partial charge >= 0.3 is 0 Å². The standard InChI is InChI=1S/C11H15N2/c1-5-6-7-13-11(9(2)3)10(4)8-12-13/h9H,7H2,1-4H3. The zero-order chi connectivity index (χ0) is 9.84. The second-order valence-corrected chi connectivity index (χ2v) is 3.36. The van der Waals surface area contributed by atoms with Gasteiger partial charge in [0.25, 0.3) is 0 Å².